The van der Waals surface area contributed by atoms with E-state index in [2.05, 4.69) is 16.1 Å². The van der Waals surface area contributed by atoms with Gasteiger partial charge in [0.25, 0.3) is 0 Å². The lowest BCUT2D eigenvalue weighted by molar-refractivity contribution is -0.124. The average molecular weight is 170 g/mol. The third kappa shape index (κ3) is 2.64. The summed E-state index contributed by atoms with van der Waals surface area (Å²) in [5.41, 5.74) is 1.13. The van der Waals surface area contributed by atoms with E-state index < -0.39 is 0 Å². The van der Waals surface area contributed by atoms with Crippen LogP contribution < -0.4 is 0 Å². The van der Waals surface area contributed by atoms with Gasteiger partial charge in [0.1, 0.15) is 7.11 Å². The van der Waals surface area contributed by atoms with Gasteiger partial charge in [0.05, 0.1) is 19.9 Å². The van der Waals surface area contributed by atoms with Crippen molar-refractivity contribution >= 4 is 6.21 Å². The molecule has 0 bridgehead atoms. The van der Waals surface area contributed by atoms with E-state index in [4.69, 9.17) is 4.84 Å². The van der Waals surface area contributed by atoms with Crippen LogP contribution in [0.3, 0.4) is 0 Å². The maximum atomic E-state index is 5.09. The number of hydrogen-bond acceptors (Lipinski definition) is 4. The largest absolute Gasteiger partial charge is 0.399 e. The van der Waals surface area contributed by atoms with Crippen molar-refractivity contribution in [3.8, 4) is 0 Å². The molecule has 0 saturated heterocycles. The first kappa shape index (κ1) is 9.22. The topological polar surface area (TPSA) is 34.1 Å². The highest BCUT2D eigenvalue weighted by molar-refractivity contribution is 5.78. The standard InChI is InChI=1S/C8H14N2O2/c1-11-9-6-8-4-3-5-10(7-8)12-2/h4,6H,3,5,7H2,1-2H3. The van der Waals surface area contributed by atoms with Crippen LogP contribution in [0.1, 0.15) is 6.42 Å². The number of hydroxylamine groups is 2. The molecule has 1 heterocycles. The normalized spacial score (nSPS) is 19.7. The van der Waals surface area contributed by atoms with E-state index in [9.17, 15) is 0 Å². The Balaban J connectivity index is 2.44. The highest BCUT2D eigenvalue weighted by Gasteiger charge is 2.09. The lowest BCUT2D eigenvalue weighted by atomic mass is 10.2. The summed E-state index contributed by atoms with van der Waals surface area (Å²) in [5.74, 6) is 0. The molecule has 0 radical (unpaired) electrons. The van der Waals surface area contributed by atoms with Gasteiger partial charge in [-0.05, 0) is 12.0 Å². The van der Waals surface area contributed by atoms with Gasteiger partial charge in [0.2, 0.25) is 0 Å². The fraction of sp³-hybridized carbons (Fsp3) is 0.625. The van der Waals surface area contributed by atoms with Gasteiger partial charge in [-0.25, -0.2) is 0 Å². The maximum Gasteiger partial charge on any atom is 0.106 e. The second-order valence-electron chi connectivity index (χ2n) is 2.53. The number of oxime groups is 1. The first-order valence-electron chi connectivity index (χ1n) is 3.91. The minimum Gasteiger partial charge on any atom is -0.399 e. The van der Waals surface area contributed by atoms with E-state index in [1.54, 1.807) is 13.3 Å². The average Bonchev–Trinajstić information content (AvgIpc) is 2.15. The van der Waals surface area contributed by atoms with Crippen molar-refractivity contribution in [3.05, 3.63) is 11.6 Å². The van der Waals surface area contributed by atoms with Crippen molar-refractivity contribution < 1.29 is 9.68 Å². The summed E-state index contributed by atoms with van der Waals surface area (Å²) in [5, 5.41) is 5.57. The van der Waals surface area contributed by atoms with Gasteiger partial charge in [0.15, 0.2) is 0 Å². The predicted molar refractivity (Wildman–Crippen MR) is 46.8 cm³/mol. The minimum absolute atomic E-state index is 0.781. The van der Waals surface area contributed by atoms with E-state index in [1.165, 1.54) is 7.11 Å². The highest BCUT2D eigenvalue weighted by Crippen LogP contribution is 2.07. The summed E-state index contributed by atoms with van der Waals surface area (Å²) in [6.07, 6.45) is 4.85. The monoisotopic (exact) mass is 170 g/mol. The van der Waals surface area contributed by atoms with Crippen molar-refractivity contribution in [1.29, 1.82) is 0 Å². The summed E-state index contributed by atoms with van der Waals surface area (Å²) < 4.78 is 0. The molecule has 0 amide bonds. The smallest absolute Gasteiger partial charge is 0.106 e. The van der Waals surface area contributed by atoms with Crippen LogP contribution in [-0.2, 0) is 9.68 Å². The molecule has 0 aromatic rings. The molecule has 0 spiro atoms. The molecule has 0 fully saturated rings. The molecular formula is C8H14N2O2. The zero-order valence-electron chi connectivity index (χ0n) is 7.49. The lowest BCUT2D eigenvalue weighted by Gasteiger charge is -2.22. The Bertz CT molecular complexity index is 189. The summed E-state index contributed by atoms with van der Waals surface area (Å²) >= 11 is 0. The Labute approximate surface area is 72.4 Å². The Morgan fingerprint density at radius 3 is 3.08 bits per heavy atom. The zero-order chi connectivity index (χ0) is 8.81. The maximum absolute atomic E-state index is 5.09. The fourth-order valence-corrected chi connectivity index (χ4v) is 1.11. The van der Waals surface area contributed by atoms with Crippen LogP contribution in [0.15, 0.2) is 16.8 Å². The van der Waals surface area contributed by atoms with E-state index in [1.807, 2.05) is 5.06 Å². The Hall–Kier alpha value is -0.870. The quantitative estimate of drug-likeness (QED) is 0.464. The van der Waals surface area contributed by atoms with Crippen molar-refractivity contribution in [2.45, 2.75) is 6.42 Å². The van der Waals surface area contributed by atoms with E-state index in [0.717, 1.165) is 25.1 Å². The van der Waals surface area contributed by atoms with Gasteiger partial charge in [-0.15, -0.1) is 0 Å². The molecule has 4 nitrogen and oxygen atoms in total. The molecule has 1 aliphatic heterocycles. The van der Waals surface area contributed by atoms with Crippen LogP contribution in [0.4, 0.5) is 0 Å². The first-order valence-corrected chi connectivity index (χ1v) is 3.91. The second kappa shape index (κ2) is 4.90. The summed E-state index contributed by atoms with van der Waals surface area (Å²) in [6, 6.07) is 0. The second-order valence-corrected chi connectivity index (χ2v) is 2.53. The molecule has 0 aliphatic carbocycles. The molecule has 12 heavy (non-hydrogen) atoms. The molecule has 1 rings (SSSR count). The van der Waals surface area contributed by atoms with Crippen molar-refractivity contribution in [2.24, 2.45) is 5.16 Å². The molecule has 0 unspecified atom stereocenters. The van der Waals surface area contributed by atoms with E-state index in [-0.39, 0.29) is 0 Å². The van der Waals surface area contributed by atoms with Crippen LogP contribution in [-0.4, -0.2) is 38.6 Å². The summed E-state index contributed by atoms with van der Waals surface area (Å²) in [7, 11) is 3.21. The van der Waals surface area contributed by atoms with Crippen molar-refractivity contribution in [2.75, 3.05) is 27.3 Å². The first-order chi connectivity index (χ1) is 5.86. The molecule has 0 atom stereocenters. The number of rotatable bonds is 3. The van der Waals surface area contributed by atoms with Gasteiger partial charge >= 0.3 is 0 Å². The third-order valence-corrected chi connectivity index (χ3v) is 1.73. The Morgan fingerprint density at radius 1 is 1.58 bits per heavy atom. The molecular weight excluding hydrogens is 156 g/mol. The van der Waals surface area contributed by atoms with Crippen LogP contribution in [0.25, 0.3) is 0 Å². The van der Waals surface area contributed by atoms with E-state index in [0.29, 0.717) is 0 Å². The third-order valence-electron chi connectivity index (χ3n) is 1.73. The Morgan fingerprint density at radius 2 is 2.42 bits per heavy atom. The molecule has 0 saturated carbocycles. The predicted octanol–water partition coefficient (Wildman–Crippen LogP) is 0.812. The molecule has 1 aliphatic rings. The summed E-state index contributed by atoms with van der Waals surface area (Å²) in [6.45, 7) is 1.73. The molecule has 0 N–H and O–H groups in total. The van der Waals surface area contributed by atoms with Gasteiger partial charge in [-0.3, -0.25) is 0 Å². The minimum atomic E-state index is 0.781. The van der Waals surface area contributed by atoms with Crippen molar-refractivity contribution in [3.63, 3.8) is 0 Å². The van der Waals surface area contributed by atoms with Crippen LogP contribution in [0, 0.1) is 0 Å². The van der Waals surface area contributed by atoms with Crippen LogP contribution in [0.2, 0.25) is 0 Å². The SMILES string of the molecule is CON=CC1=CCCN(OC)C1. The van der Waals surface area contributed by atoms with Crippen LogP contribution in [0.5, 0.6) is 0 Å². The Kier molecular flexibility index (Phi) is 3.76. The number of nitrogens with zero attached hydrogens (tertiary/aromatic N) is 2. The fourth-order valence-electron chi connectivity index (χ4n) is 1.11. The number of hydrogen-bond donors (Lipinski definition) is 0. The van der Waals surface area contributed by atoms with Gasteiger partial charge < -0.3 is 9.68 Å². The molecule has 0 aromatic carbocycles. The van der Waals surface area contributed by atoms with Gasteiger partial charge in [0, 0.05) is 6.54 Å². The lowest BCUT2D eigenvalue weighted by Crippen LogP contribution is -2.29. The molecule has 4 heteroatoms. The van der Waals surface area contributed by atoms with Crippen LogP contribution >= 0.6 is 0 Å². The van der Waals surface area contributed by atoms with Gasteiger partial charge in [-0.2, -0.15) is 5.06 Å². The van der Waals surface area contributed by atoms with E-state index >= 15 is 0 Å². The zero-order valence-corrected chi connectivity index (χ0v) is 7.49. The highest BCUT2D eigenvalue weighted by atomic mass is 16.7. The molecule has 68 valence electrons. The molecule has 0 aromatic heterocycles. The van der Waals surface area contributed by atoms with Crippen molar-refractivity contribution in [1.82, 2.24) is 5.06 Å². The summed E-state index contributed by atoms with van der Waals surface area (Å²) in [4.78, 5) is 9.67. The van der Waals surface area contributed by atoms with Gasteiger partial charge in [-0.1, -0.05) is 11.2 Å².